The Bertz CT molecular complexity index is 262. The van der Waals surface area contributed by atoms with E-state index in [1.54, 1.807) is 27.7 Å². The molecular formula is C11H18O3. The lowest BCUT2D eigenvalue weighted by atomic mass is 9.81. The average Bonchev–Trinajstić information content (AvgIpc) is 2.03. The maximum absolute atomic E-state index is 11.3. The van der Waals surface area contributed by atoms with Crippen LogP contribution < -0.4 is 0 Å². The molecule has 0 aliphatic rings. The van der Waals surface area contributed by atoms with E-state index in [0.717, 1.165) is 5.57 Å². The fraction of sp³-hybridized carbons (Fsp3) is 0.636. The molecular weight excluding hydrogens is 180 g/mol. The lowest BCUT2D eigenvalue weighted by molar-refractivity contribution is -0.137. The van der Waals surface area contributed by atoms with E-state index >= 15 is 0 Å². The number of hydrogen-bond donors (Lipinski definition) is 0. The standard InChI is InChI=1S/C11H18O3/c1-6-14-10(13)7-8(2)11(4,5)9(3)12/h7H,6H2,1-5H3/b8-7+. The summed E-state index contributed by atoms with van der Waals surface area (Å²) in [6.45, 7) is 8.96. The maximum atomic E-state index is 11.3. The Hall–Kier alpha value is -1.12. The molecule has 0 unspecified atom stereocenters. The molecule has 0 aromatic carbocycles. The summed E-state index contributed by atoms with van der Waals surface area (Å²) in [4.78, 5) is 22.4. The van der Waals surface area contributed by atoms with Crippen LogP contribution in [-0.2, 0) is 14.3 Å². The zero-order chi connectivity index (χ0) is 11.4. The minimum atomic E-state index is -0.591. The van der Waals surface area contributed by atoms with Gasteiger partial charge in [-0.15, -0.1) is 0 Å². The molecule has 14 heavy (non-hydrogen) atoms. The van der Waals surface area contributed by atoms with Gasteiger partial charge >= 0.3 is 5.97 Å². The van der Waals surface area contributed by atoms with Gasteiger partial charge in [0.15, 0.2) is 0 Å². The summed E-state index contributed by atoms with van der Waals surface area (Å²) >= 11 is 0. The second-order valence-electron chi connectivity index (χ2n) is 3.76. The van der Waals surface area contributed by atoms with Crippen LogP contribution in [0.4, 0.5) is 0 Å². The average molecular weight is 198 g/mol. The first-order chi connectivity index (χ1) is 6.32. The normalized spacial score (nSPS) is 12.5. The number of allylic oxidation sites excluding steroid dienone is 1. The van der Waals surface area contributed by atoms with E-state index < -0.39 is 5.41 Å². The highest BCUT2D eigenvalue weighted by Crippen LogP contribution is 2.26. The third kappa shape index (κ3) is 3.32. The Labute approximate surface area is 85.1 Å². The summed E-state index contributed by atoms with van der Waals surface area (Å²) in [7, 11) is 0. The third-order valence-electron chi connectivity index (χ3n) is 2.49. The summed E-state index contributed by atoms with van der Waals surface area (Å²) in [6.07, 6.45) is 1.38. The Balaban J connectivity index is 4.68. The SMILES string of the molecule is CCOC(=O)/C=C(\C)C(C)(C)C(C)=O. The van der Waals surface area contributed by atoms with Crippen molar-refractivity contribution in [3.63, 3.8) is 0 Å². The third-order valence-corrected chi connectivity index (χ3v) is 2.49. The predicted molar refractivity (Wildman–Crippen MR) is 54.9 cm³/mol. The molecule has 80 valence electrons. The number of hydrogen-bond acceptors (Lipinski definition) is 3. The van der Waals surface area contributed by atoms with Crippen LogP contribution in [0, 0.1) is 5.41 Å². The van der Waals surface area contributed by atoms with Crippen LogP contribution in [0.3, 0.4) is 0 Å². The van der Waals surface area contributed by atoms with Gasteiger partial charge in [0.05, 0.1) is 6.61 Å². The first-order valence-electron chi connectivity index (χ1n) is 4.69. The predicted octanol–water partition coefficient (Wildman–Crippen LogP) is 2.11. The van der Waals surface area contributed by atoms with E-state index in [1.165, 1.54) is 13.0 Å². The lowest BCUT2D eigenvalue weighted by Gasteiger charge is -2.21. The zero-order valence-electron chi connectivity index (χ0n) is 9.51. The summed E-state index contributed by atoms with van der Waals surface area (Å²) in [6, 6.07) is 0. The Morgan fingerprint density at radius 3 is 2.14 bits per heavy atom. The highest BCUT2D eigenvalue weighted by atomic mass is 16.5. The molecule has 3 heteroatoms. The van der Waals surface area contributed by atoms with Crippen LogP contribution in [0.1, 0.15) is 34.6 Å². The van der Waals surface area contributed by atoms with Crippen molar-refractivity contribution >= 4 is 11.8 Å². The second kappa shape index (κ2) is 4.94. The number of Topliss-reactive ketones (excluding diaryl/α,β-unsaturated/α-hetero) is 1. The van der Waals surface area contributed by atoms with Crippen molar-refractivity contribution in [3.8, 4) is 0 Å². The summed E-state index contributed by atoms with van der Waals surface area (Å²) in [5.74, 6) is -0.352. The number of carbonyl (C=O) groups is 2. The summed E-state index contributed by atoms with van der Waals surface area (Å²) < 4.78 is 4.76. The molecule has 0 N–H and O–H groups in total. The van der Waals surface area contributed by atoms with Crippen molar-refractivity contribution < 1.29 is 14.3 Å². The van der Waals surface area contributed by atoms with Crippen molar-refractivity contribution in [2.24, 2.45) is 5.41 Å². The Morgan fingerprint density at radius 1 is 1.29 bits per heavy atom. The number of esters is 1. The molecule has 0 spiro atoms. The quantitative estimate of drug-likeness (QED) is 0.513. The van der Waals surface area contributed by atoms with Gasteiger partial charge in [0.2, 0.25) is 0 Å². The minimum Gasteiger partial charge on any atom is -0.463 e. The van der Waals surface area contributed by atoms with Crippen molar-refractivity contribution in [1.82, 2.24) is 0 Å². The van der Waals surface area contributed by atoms with Crippen molar-refractivity contribution in [1.29, 1.82) is 0 Å². The maximum Gasteiger partial charge on any atom is 0.330 e. The van der Waals surface area contributed by atoms with E-state index in [0.29, 0.717) is 6.61 Å². The largest absolute Gasteiger partial charge is 0.463 e. The van der Waals surface area contributed by atoms with Gasteiger partial charge in [-0.1, -0.05) is 5.57 Å². The monoisotopic (exact) mass is 198 g/mol. The van der Waals surface area contributed by atoms with Gasteiger partial charge in [-0.2, -0.15) is 0 Å². The highest BCUT2D eigenvalue weighted by molar-refractivity contribution is 5.88. The molecule has 0 saturated carbocycles. The van der Waals surface area contributed by atoms with E-state index in [9.17, 15) is 9.59 Å². The first kappa shape index (κ1) is 12.9. The molecule has 3 nitrogen and oxygen atoms in total. The van der Waals surface area contributed by atoms with Gasteiger partial charge in [-0.3, -0.25) is 4.79 Å². The van der Waals surface area contributed by atoms with Crippen LogP contribution in [0.5, 0.6) is 0 Å². The van der Waals surface area contributed by atoms with E-state index in [-0.39, 0.29) is 11.8 Å². The van der Waals surface area contributed by atoms with E-state index in [1.807, 2.05) is 0 Å². The molecule has 0 aromatic heterocycles. The van der Waals surface area contributed by atoms with Crippen LogP contribution in [0.25, 0.3) is 0 Å². The van der Waals surface area contributed by atoms with Gasteiger partial charge in [0, 0.05) is 11.5 Å². The van der Waals surface area contributed by atoms with Crippen LogP contribution >= 0.6 is 0 Å². The van der Waals surface area contributed by atoms with E-state index in [4.69, 9.17) is 4.74 Å². The Morgan fingerprint density at radius 2 is 1.79 bits per heavy atom. The van der Waals surface area contributed by atoms with Gasteiger partial charge in [0.25, 0.3) is 0 Å². The fourth-order valence-corrected chi connectivity index (χ4v) is 0.819. The van der Waals surface area contributed by atoms with Crippen LogP contribution in [0.2, 0.25) is 0 Å². The van der Waals surface area contributed by atoms with Crippen molar-refractivity contribution in [2.75, 3.05) is 6.61 Å². The van der Waals surface area contributed by atoms with Crippen LogP contribution in [0.15, 0.2) is 11.6 Å². The lowest BCUT2D eigenvalue weighted by Crippen LogP contribution is -2.23. The molecule has 0 rings (SSSR count). The van der Waals surface area contributed by atoms with Gasteiger partial charge in [-0.05, 0) is 34.6 Å². The van der Waals surface area contributed by atoms with Gasteiger partial charge in [-0.25, -0.2) is 4.79 Å². The molecule has 0 bridgehead atoms. The number of carbonyl (C=O) groups excluding carboxylic acids is 2. The highest BCUT2D eigenvalue weighted by Gasteiger charge is 2.26. The van der Waals surface area contributed by atoms with Crippen molar-refractivity contribution in [2.45, 2.75) is 34.6 Å². The van der Waals surface area contributed by atoms with Gasteiger partial charge < -0.3 is 4.74 Å². The molecule has 0 aliphatic heterocycles. The molecule has 0 fully saturated rings. The topological polar surface area (TPSA) is 43.4 Å². The molecule has 0 aromatic rings. The Kier molecular flexibility index (Phi) is 4.54. The molecule has 0 heterocycles. The molecule has 0 amide bonds. The smallest absolute Gasteiger partial charge is 0.330 e. The van der Waals surface area contributed by atoms with Gasteiger partial charge in [0.1, 0.15) is 5.78 Å². The number of ether oxygens (including phenoxy) is 1. The molecule has 0 saturated heterocycles. The van der Waals surface area contributed by atoms with Crippen molar-refractivity contribution in [3.05, 3.63) is 11.6 Å². The molecule has 0 radical (unpaired) electrons. The molecule has 0 aliphatic carbocycles. The number of ketones is 1. The number of rotatable bonds is 4. The summed E-state index contributed by atoms with van der Waals surface area (Å²) in [5.41, 5.74) is 0.135. The summed E-state index contributed by atoms with van der Waals surface area (Å²) in [5, 5.41) is 0. The first-order valence-corrected chi connectivity index (χ1v) is 4.69. The second-order valence-corrected chi connectivity index (χ2v) is 3.76. The fourth-order valence-electron chi connectivity index (χ4n) is 0.819. The zero-order valence-corrected chi connectivity index (χ0v) is 9.51. The van der Waals surface area contributed by atoms with E-state index in [2.05, 4.69) is 0 Å². The molecule has 0 atom stereocenters. The van der Waals surface area contributed by atoms with Crippen LogP contribution in [-0.4, -0.2) is 18.4 Å². The minimum absolute atomic E-state index is 0.0375.